The highest BCUT2D eigenvalue weighted by molar-refractivity contribution is 7.89. The average molecular weight is 265 g/mol. The van der Waals surface area contributed by atoms with Crippen LogP contribution in [-0.4, -0.2) is 45.0 Å². The van der Waals surface area contributed by atoms with Crippen LogP contribution in [0.5, 0.6) is 0 Å². The van der Waals surface area contributed by atoms with Gasteiger partial charge in [0.1, 0.15) is 10.0 Å². The SMILES string of the molecule is COCCN(C)S(=O)(=O)c1cccnc1Cl. The molecule has 0 saturated carbocycles. The number of rotatable bonds is 5. The van der Waals surface area contributed by atoms with Crippen LogP contribution in [0.4, 0.5) is 0 Å². The number of aromatic nitrogens is 1. The number of sulfonamides is 1. The topological polar surface area (TPSA) is 59.5 Å². The van der Waals surface area contributed by atoms with E-state index in [9.17, 15) is 8.42 Å². The van der Waals surface area contributed by atoms with Crippen LogP contribution in [0.25, 0.3) is 0 Å². The summed E-state index contributed by atoms with van der Waals surface area (Å²) in [6.07, 6.45) is 1.44. The van der Waals surface area contributed by atoms with Gasteiger partial charge in [0, 0.05) is 26.9 Å². The summed E-state index contributed by atoms with van der Waals surface area (Å²) in [6, 6.07) is 2.96. The van der Waals surface area contributed by atoms with E-state index >= 15 is 0 Å². The smallest absolute Gasteiger partial charge is 0.245 e. The first-order chi connectivity index (χ1) is 7.50. The number of pyridine rings is 1. The molecular formula is C9H13ClN2O3S. The van der Waals surface area contributed by atoms with Crippen molar-refractivity contribution < 1.29 is 13.2 Å². The summed E-state index contributed by atoms with van der Waals surface area (Å²) in [5, 5.41) is -0.0215. The zero-order valence-electron chi connectivity index (χ0n) is 9.05. The van der Waals surface area contributed by atoms with E-state index in [0.717, 1.165) is 0 Å². The average Bonchev–Trinajstić information content (AvgIpc) is 2.26. The summed E-state index contributed by atoms with van der Waals surface area (Å²) in [7, 11) is -0.602. The summed E-state index contributed by atoms with van der Waals surface area (Å²) < 4.78 is 30.0. The highest BCUT2D eigenvalue weighted by atomic mass is 35.5. The van der Waals surface area contributed by atoms with Gasteiger partial charge < -0.3 is 4.74 Å². The Labute approximate surface area is 100 Å². The minimum atomic E-state index is -3.58. The van der Waals surface area contributed by atoms with E-state index in [4.69, 9.17) is 16.3 Å². The molecule has 0 saturated heterocycles. The first kappa shape index (κ1) is 13.4. The van der Waals surface area contributed by atoms with Gasteiger partial charge in [0.05, 0.1) is 6.61 Å². The Kier molecular flexibility index (Phi) is 4.67. The maximum atomic E-state index is 12.0. The summed E-state index contributed by atoms with van der Waals surface area (Å²) in [5.41, 5.74) is 0. The van der Waals surface area contributed by atoms with Gasteiger partial charge in [-0.15, -0.1) is 0 Å². The van der Waals surface area contributed by atoms with Gasteiger partial charge >= 0.3 is 0 Å². The fraction of sp³-hybridized carbons (Fsp3) is 0.444. The molecular weight excluding hydrogens is 252 g/mol. The lowest BCUT2D eigenvalue weighted by atomic mass is 10.5. The Morgan fingerprint density at radius 3 is 2.81 bits per heavy atom. The molecule has 0 radical (unpaired) electrons. The molecule has 0 spiro atoms. The van der Waals surface area contributed by atoms with Crippen LogP contribution in [0.3, 0.4) is 0 Å². The monoisotopic (exact) mass is 264 g/mol. The highest BCUT2D eigenvalue weighted by Crippen LogP contribution is 2.20. The fourth-order valence-corrected chi connectivity index (χ4v) is 2.65. The molecule has 1 aromatic heterocycles. The van der Waals surface area contributed by atoms with Gasteiger partial charge in [-0.3, -0.25) is 0 Å². The largest absolute Gasteiger partial charge is 0.383 e. The number of hydrogen-bond donors (Lipinski definition) is 0. The van der Waals surface area contributed by atoms with Crippen LogP contribution >= 0.6 is 11.6 Å². The van der Waals surface area contributed by atoms with E-state index in [2.05, 4.69) is 4.98 Å². The van der Waals surface area contributed by atoms with E-state index in [1.54, 1.807) is 0 Å². The minimum absolute atomic E-state index is 0.00951. The van der Waals surface area contributed by atoms with Crippen LogP contribution in [0, 0.1) is 0 Å². The van der Waals surface area contributed by atoms with Crippen molar-refractivity contribution in [1.29, 1.82) is 0 Å². The van der Waals surface area contributed by atoms with Crippen molar-refractivity contribution in [2.75, 3.05) is 27.3 Å². The zero-order chi connectivity index (χ0) is 12.2. The van der Waals surface area contributed by atoms with E-state index in [-0.39, 0.29) is 16.6 Å². The van der Waals surface area contributed by atoms with E-state index in [0.29, 0.717) is 6.61 Å². The van der Waals surface area contributed by atoms with Crippen LogP contribution < -0.4 is 0 Å². The predicted molar refractivity (Wildman–Crippen MR) is 60.9 cm³/mol. The number of halogens is 1. The van der Waals surface area contributed by atoms with Crippen molar-refractivity contribution in [2.24, 2.45) is 0 Å². The second-order valence-corrected chi connectivity index (χ2v) is 5.48. The van der Waals surface area contributed by atoms with Crippen molar-refractivity contribution in [3.05, 3.63) is 23.5 Å². The van der Waals surface area contributed by atoms with E-state index < -0.39 is 10.0 Å². The molecule has 0 amide bonds. The Balaban J connectivity index is 2.98. The number of ether oxygens (including phenoxy) is 1. The van der Waals surface area contributed by atoms with Gasteiger partial charge in [-0.25, -0.2) is 13.4 Å². The maximum Gasteiger partial charge on any atom is 0.245 e. The van der Waals surface area contributed by atoms with Crippen molar-refractivity contribution in [2.45, 2.75) is 4.90 Å². The Morgan fingerprint density at radius 1 is 1.56 bits per heavy atom. The van der Waals surface area contributed by atoms with Gasteiger partial charge in [0.25, 0.3) is 0 Å². The molecule has 1 aromatic rings. The van der Waals surface area contributed by atoms with E-state index in [1.165, 1.54) is 36.8 Å². The van der Waals surface area contributed by atoms with Crippen molar-refractivity contribution in [3.8, 4) is 0 Å². The standard InChI is InChI=1S/C9H13ClN2O3S/c1-12(6-7-15-2)16(13,14)8-4-3-5-11-9(8)10/h3-5H,6-7H2,1-2H3. The lowest BCUT2D eigenvalue weighted by Crippen LogP contribution is -2.30. The first-order valence-corrected chi connectivity index (χ1v) is 6.37. The van der Waals surface area contributed by atoms with Gasteiger partial charge in [0.2, 0.25) is 10.0 Å². The van der Waals surface area contributed by atoms with Gasteiger partial charge in [-0.2, -0.15) is 4.31 Å². The fourth-order valence-electron chi connectivity index (χ4n) is 1.07. The summed E-state index contributed by atoms with van der Waals surface area (Å²) >= 11 is 5.74. The number of likely N-dealkylation sites (N-methyl/N-ethyl adjacent to an activating group) is 1. The second-order valence-electron chi connectivity index (χ2n) is 3.11. The second kappa shape index (κ2) is 5.58. The van der Waals surface area contributed by atoms with E-state index in [1.807, 2.05) is 0 Å². The Morgan fingerprint density at radius 2 is 2.25 bits per heavy atom. The summed E-state index contributed by atoms with van der Waals surface area (Å²) in [4.78, 5) is 3.75. The molecule has 0 aliphatic carbocycles. The van der Waals surface area contributed by atoms with Gasteiger partial charge in [-0.05, 0) is 12.1 Å². The van der Waals surface area contributed by atoms with Crippen LogP contribution in [0.1, 0.15) is 0 Å². The van der Waals surface area contributed by atoms with Crippen molar-refractivity contribution in [1.82, 2.24) is 9.29 Å². The number of nitrogens with zero attached hydrogens (tertiary/aromatic N) is 2. The molecule has 0 aromatic carbocycles. The third kappa shape index (κ3) is 2.91. The maximum absolute atomic E-state index is 12.0. The Hall–Kier alpha value is -0.690. The lowest BCUT2D eigenvalue weighted by Gasteiger charge is -2.16. The van der Waals surface area contributed by atoms with Crippen LogP contribution in [-0.2, 0) is 14.8 Å². The molecule has 1 rings (SSSR count). The molecule has 0 bridgehead atoms. The van der Waals surface area contributed by atoms with Gasteiger partial charge in [-0.1, -0.05) is 11.6 Å². The first-order valence-electron chi connectivity index (χ1n) is 4.56. The highest BCUT2D eigenvalue weighted by Gasteiger charge is 2.23. The third-order valence-corrected chi connectivity index (χ3v) is 4.33. The van der Waals surface area contributed by atoms with Crippen LogP contribution in [0.15, 0.2) is 23.2 Å². The quantitative estimate of drug-likeness (QED) is 0.745. The van der Waals surface area contributed by atoms with Crippen molar-refractivity contribution >= 4 is 21.6 Å². The molecule has 0 aliphatic heterocycles. The third-order valence-electron chi connectivity index (χ3n) is 2.02. The molecule has 5 nitrogen and oxygen atoms in total. The molecule has 0 aliphatic rings. The molecule has 0 fully saturated rings. The summed E-state index contributed by atoms with van der Waals surface area (Å²) in [5.74, 6) is 0. The minimum Gasteiger partial charge on any atom is -0.383 e. The lowest BCUT2D eigenvalue weighted by molar-refractivity contribution is 0.185. The normalized spacial score (nSPS) is 12.0. The van der Waals surface area contributed by atoms with Crippen LogP contribution in [0.2, 0.25) is 5.15 Å². The zero-order valence-corrected chi connectivity index (χ0v) is 10.6. The number of hydrogen-bond acceptors (Lipinski definition) is 4. The van der Waals surface area contributed by atoms with Crippen molar-refractivity contribution in [3.63, 3.8) is 0 Å². The molecule has 0 atom stereocenters. The molecule has 0 unspecified atom stereocenters. The molecule has 0 N–H and O–H groups in total. The summed E-state index contributed by atoms with van der Waals surface area (Å²) in [6.45, 7) is 0.595. The molecule has 7 heteroatoms. The Bertz CT molecular complexity index is 450. The molecule has 90 valence electrons. The molecule has 16 heavy (non-hydrogen) atoms. The predicted octanol–water partition coefficient (Wildman–Crippen LogP) is 1.00. The number of methoxy groups -OCH3 is 1. The molecule has 1 heterocycles. The van der Waals surface area contributed by atoms with Gasteiger partial charge in [0.15, 0.2) is 0 Å².